The van der Waals surface area contributed by atoms with Gasteiger partial charge in [0.15, 0.2) is 0 Å². The monoisotopic (exact) mass is 214 g/mol. The first kappa shape index (κ1) is 10.3. The number of nitrogens with one attached hydrogen (secondary N) is 2. The van der Waals surface area contributed by atoms with Crippen LogP contribution in [0.25, 0.3) is 0 Å². The van der Waals surface area contributed by atoms with Gasteiger partial charge in [-0.2, -0.15) is 11.8 Å². The van der Waals surface area contributed by atoms with Gasteiger partial charge >= 0.3 is 0 Å². The predicted molar refractivity (Wildman–Crippen MR) is 59.5 cm³/mol. The molecule has 2 fully saturated rings. The Labute approximate surface area is 89.4 Å². The van der Waals surface area contributed by atoms with Crippen molar-refractivity contribution in [2.24, 2.45) is 5.92 Å². The Balaban J connectivity index is 1.72. The lowest BCUT2D eigenvalue weighted by Gasteiger charge is -2.29. The molecule has 2 aliphatic rings. The Morgan fingerprint density at radius 1 is 1.64 bits per heavy atom. The number of thioether (sulfide) groups is 1. The summed E-state index contributed by atoms with van der Waals surface area (Å²) in [7, 11) is 0. The molecule has 3 nitrogen and oxygen atoms in total. The zero-order valence-electron chi connectivity index (χ0n) is 8.64. The van der Waals surface area contributed by atoms with Gasteiger partial charge in [0.2, 0.25) is 5.91 Å². The largest absolute Gasteiger partial charge is 0.354 e. The molecule has 0 saturated carbocycles. The maximum absolute atomic E-state index is 11.6. The minimum absolute atomic E-state index is 0.227. The van der Waals surface area contributed by atoms with E-state index < -0.39 is 0 Å². The van der Waals surface area contributed by atoms with Crippen LogP contribution in [0.5, 0.6) is 0 Å². The van der Waals surface area contributed by atoms with E-state index in [-0.39, 0.29) is 11.8 Å². The first-order valence-electron chi connectivity index (χ1n) is 5.32. The van der Waals surface area contributed by atoms with E-state index in [0.29, 0.717) is 4.75 Å². The summed E-state index contributed by atoms with van der Waals surface area (Å²) in [5.41, 5.74) is 0. The van der Waals surface area contributed by atoms with Crippen LogP contribution in [-0.2, 0) is 4.79 Å². The molecule has 0 aromatic heterocycles. The van der Waals surface area contributed by atoms with Gasteiger partial charge in [-0.15, -0.1) is 0 Å². The summed E-state index contributed by atoms with van der Waals surface area (Å²) in [6, 6.07) is 0. The highest BCUT2D eigenvalue weighted by Gasteiger charge is 2.31. The number of carbonyl (C=O) groups is 1. The van der Waals surface area contributed by atoms with E-state index in [1.54, 1.807) is 0 Å². The second-order valence-corrected chi connectivity index (χ2v) is 6.16. The third-order valence-electron chi connectivity index (χ3n) is 3.09. The van der Waals surface area contributed by atoms with Gasteiger partial charge in [-0.1, -0.05) is 0 Å². The number of hydrogen-bond donors (Lipinski definition) is 2. The molecule has 2 heterocycles. The molecule has 4 heteroatoms. The molecule has 2 rings (SSSR count). The van der Waals surface area contributed by atoms with Crippen molar-refractivity contribution in [3.63, 3.8) is 0 Å². The Bertz CT molecular complexity index is 222. The summed E-state index contributed by atoms with van der Waals surface area (Å²) in [4.78, 5) is 11.6. The van der Waals surface area contributed by atoms with Crippen molar-refractivity contribution in [2.75, 3.05) is 25.4 Å². The quantitative estimate of drug-likeness (QED) is 0.723. The smallest absolute Gasteiger partial charge is 0.225 e. The van der Waals surface area contributed by atoms with Gasteiger partial charge in [-0.3, -0.25) is 4.79 Å². The van der Waals surface area contributed by atoms with Crippen LogP contribution in [0.4, 0.5) is 0 Å². The summed E-state index contributed by atoms with van der Waals surface area (Å²) in [5, 5.41) is 6.18. The van der Waals surface area contributed by atoms with Crippen LogP contribution in [0.15, 0.2) is 0 Å². The van der Waals surface area contributed by atoms with Crippen LogP contribution < -0.4 is 10.6 Å². The minimum atomic E-state index is 0.227. The van der Waals surface area contributed by atoms with Gasteiger partial charge < -0.3 is 10.6 Å². The molecule has 2 aliphatic heterocycles. The predicted octanol–water partition coefficient (Wildman–Crippen LogP) is 0.608. The van der Waals surface area contributed by atoms with Crippen molar-refractivity contribution in [2.45, 2.75) is 24.5 Å². The molecule has 0 spiro atoms. The normalized spacial score (nSPS) is 32.6. The van der Waals surface area contributed by atoms with E-state index in [9.17, 15) is 4.79 Å². The van der Waals surface area contributed by atoms with Crippen molar-refractivity contribution in [3.05, 3.63) is 0 Å². The van der Waals surface area contributed by atoms with Crippen LogP contribution in [-0.4, -0.2) is 36.0 Å². The fourth-order valence-corrected chi connectivity index (χ4v) is 3.11. The SMILES string of the molecule is CC1(CNC(=O)C2CNC2)CCCS1. The van der Waals surface area contributed by atoms with Gasteiger partial charge in [0.05, 0.1) is 5.92 Å². The van der Waals surface area contributed by atoms with Gasteiger partial charge in [0, 0.05) is 24.4 Å². The number of rotatable bonds is 3. The summed E-state index contributed by atoms with van der Waals surface area (Å²) >= 11 is 1.99. The maximum atomic E-state index is 11.6. The zero-order chi connectivity index (χ0) is 10.0. The van der Waals surface area contributed by atoms with Crippen molar-refractivity contribution < 1.29 is 4.79 Å². The van der Waals surface area contributed by atoms with Crippen molar-refractivity contribution in [1.82, 2.24) is 10.6 Å². The van der Waals surface area contributed by atoms with Crippen molar-refractivity contribution >= 4 is 17.7 Å². The summed E-state index contributed by atoms with van der Waals surface area (Å²) in [5.74, 6) is 1.71. The summed E-state index contributed by atoms with van der Waals surface area (Å²) < 4.78 is 0.298. The molecule has 1 atom stereocenters. The second-order valence-electron chi connectivity index (χ2n) is 4.47. The highest BCUT2D eigenvalue weighted by atomic mass is 32.2. The molecule has 2 saturated heterocycles. The van der Waals surface area contributed by atoms with Crippen molar-refractivity contribution in [1.29, 1.82) is 0 Å². The highest BCUT2D eigenvalue weighted by molar-refractivity contribution is 8.00. The number of hydrogen-bond acceptors (Lipinski definition) is 3. The van der Waals surface area contributed by atoms with Crippen LogP contribution >= 0.6 is 11.8 Å². The fourth-order valence-electron chi connectivity index (χ4n) is 1.87. The lowest BCUT2D eigenvalue weighted by atomic mass is 10.0. The number of carbonyl (C=O) groups excluding carboxylic acids is 1. The van der Waals surface area contributed by atoms with Gasteiger partial charge in [0.25, 0.3) is 0 Å². The first-order valence-corrected chi connectivity index (χ1v) is 6.31. The molecule has 1 amide bonds. The Hall–Kier alpha value is -0.220. The third-order valence-corrected chi connectivity index (χ3v) is 4.63. The highest BCUT2D eigenvalue weighted by Crippen LogP contribution is 2.36. The first-order chi connectivity index (χ1) is 6.70. The second kappa shape index (κ2) is 4.11. The number of amides is 1. The molecule has 80 valence electrons. The lowest BCUT2D eigenvalue weighted by Crippen LogP contribution is -2.52. The molecular weight excluding hydrogens is 196 g/mol. The fraction of sp³-hybridized carbons (Fsp3) is 0.900. The van der Waals surface area contributed by atoms with E-state index in [1.807, 2.05) is 11.8 Å². The molecule has 0 aromatic carbocycles. The van der Waals surface area contributed by atoms with E-state index in [0.717, 1.165) is 19.6 Å². The molecule has 0 radical (unpaired) electrons. The van der Waals surface area contributed by atoms with E-state index in [4.69, 9.17) is 0 Å². The topological polar surface area (TPSA) is 41.1 Å². The summed E-state index contributed by atoms with van der Waals surface area (Å²) in [6.45, 7) is 4.81. The Kier molecular flexibility index (Phi) is 3.02. The average Bonchev–Trinajstić information content (AvgIpc) is 2.47. The molecular formula is C10H18N2OS. The Morgan fingerprint density at radius 2 is 2.43 bits per heavy atom. The van der Waals surface area contributed by atoms with Crippen LogP contribution in [0, 0.1) is 5.92 Å². The van der Waals surface area contributed by atoms with E-state index >= 15 is 0 Å². The molecule has 0 aromatic rings. The summed E-state index contributed by atoms with van der Waals surface area (Å²) in [6.07, 6.45) is 2.53. The van der Waals surface area contributed by atoms with Crippen LogP contribution in [0.1, 0.15) is 19.8 Å². The molecule has 0 aliphatic carbocycles. The third kappa shape index (κ3) is 2.23. The lowest BCUT2D eigenvalue weighted by molar-refractivity contribution is -0.126. The van der Waals surface area contributed by atoms with Crippen LogP contribution in [0.2, 0.25) is 0 Å². The van der Waals surface area contributed by atoms with Gasteiger partial charge in [-0.25, -0.2) is 0 Å². The standard InChI is InChI=1S/C10H18N2OS/c1-10(3-2-4-14-10)7-12-9(13)8-5-11-6-8/h8,11H,2-7H2,1H3,(H,12,13). The molecule has 14 heavy (non-hydrogen) atoms. The molecule has 1 unspecified atom stereocenters. The minimum Gasteiger partial charge on any atom is -0.354 e. The maximum Gasteiger partial charge on any atom is 0.225 e. The van der Waals surface area contributed by atoms with Gasteiger partial charge in [0.1, 0.15) is 0 Å². The van der Waals surface area contributed by atoms with Crippen molar-refractivity contribution in [3.8, 4) is 0 Å². The van der Waals surface area contributed by atoms with E-state index in [1.165, 1.54) is 18.6 Å². The van der Waals surface area contributed by atoms with Crippen LogP contribution in [0.3, 0.4) is 0 Å². The molecule has 0 bridgehead atoms. The zero-order valence-corrected chi connectivity index (χ0v) is 9.45. The van der Waals surface area contributed by atoms with E-state index in [2.05, 4.69) is 17.6 Å². The average molecular weight is 214 g/mol. The molecule has 2 N–H and O–H groups in total. The van der Waals surface area contributed by atoms with Gasteiger partial charge in [-0.05, 0) is 25.5 Å². The Morgan fingerprint density at radius 3 is 2.93 bits per heavy atom.